The lowest BCUT2D eigenvalue weighted by Crippen LogP contribution is -2.18. The number of ether oxygens (including phenoxy) is 1. The van der Waals surface area contributed by atoms with E-state index in [1.807, 2.05) is 29.2 Å². The summed E-state index contributed by atoms with van der Waals surface area (Å²) in [5.41, 5.74) is 4.11. The van der Waals surface area contributed by atoms with E-state index in [0.717, 1.165) is 17.9 Å². The van der Waals surface area contributed by atoms with Crippen molar-refractivity contribution in [1.29, 1.82) is 0 Å². The first kappa shape index (κ1) is 17.1. The molecule has 0 unspecified atom stereocenters. The lowest BCUT2D eigenvalue weighted by Gasteiger charge is -2.07. The van der Waals surface area contributed by atoms with Crippen molar-refractivity contribution in [3.8, 4) is 0 Å². The monoisotopic (exact) mass is 356 g/mol. The molecule has 0 bridgehead atoms. The summed E-state index contributed by atoms with van der Waals surface area (Å²) in [4.78, 5) is 0. The number of aromatic nitrogens is 4. The second-order valence-electron chi connectivity index (χ2n) is 5.62. The maximum absolute atomic E-state index is 5.32. The minimum Gasteiger partial charge on any atom is -0.362 e. The largest absolute Gasteiger partial charge is 0.362 e. The fourth-order valence-electron chi connectivity index (χ4n) is 2.40. The van der Waals surface area contributed by atoms with Gasteiger partial charge in [-0.15, -0.1) is 0 Å². The number of nitrogens with one attached hydrogen (secondary N) is 2. The smallest absolute Gasteiger partial charge is 0.175 e. The van der Waals surface area contributed by atoms with E-state index in [-0.39, 0.29) is 0 Å². The van der Waals surface area contributed by atoms with E-state index in [1.165, 1.54) is 11.1 Å². The van der Waals surface area contributed by atoms with Crippen LogP contribution in [0.25, 0.3) is 0 Å². The molecule has 0 radical (unpaired) electrons. The normalized spacial score (nSPS) is 10.6. The molecule has 3 aromatic rings. The zero-order valence-electron chi connectivity index (χ0n) is 14.1. The van der Waals surface area contributed by atoms with Gasteiger partial charge in [-0.3, -0.25) is 4.68 Å². The number of aryl methyl sites for hydroxylation is 1. The highest BCUT2D eigenvalue weighted by Gasteiger charge is 2.05. The molecule has 0 aliphatic rings. The highest BCUT2D eigenvalue weighted by Crippen LogP contribution is 2.12. The summed E-state index contributed by atoms with van der Waals surface area (Å²) in [5.74, 6) is 0. The van der Waals surface area contributed by atoms with Gasteiger partial charge in [-0.05, 0) is 30.3 Å². The molecule has 130 valence electrons. The summed E-state index contributed by atoms with van der Waals surface area (Å²) in [6.07, 6.45) is 7.18. The van der Waals surface area contributed by atoms with Crippen molar-refractivity contribution >= 4 is 28.7 Å². The molecule has 0 saturated carbocycles. The molecule has 8 heteroatoms. The summed E-state index contributed by atoms with van der Waals surface area (Å²) >= 11 is 5.32. The maximum Gasteiger partial charge on any atom is 0.175 e. The van der Waals surface area contributed by atoms with Gasteiger partial charge in [0.25, 0.3) is 0 Å². The zero-order chi connectivity index (χ0) is 17.6. The summed E-state index contributed by atoms with van der Waals surface area (Å²) in [6, 6.07) is 8.27. The number of nitrogens with zero attached hydrogens (tertiary/aromatic N) is 4. The molecule has 0 saturated heterocycles. The average molecular weight is 356 g/mol. The average Bonchev–Trinajstić information content (AvgIpc) is 3.20. The SMILES string of the molecule is COCn1cc(NC(=S)Nc2cnn(Cc3ccccc3C)c2)cn1. The van der Waals surface area contributed by atoms with Crippen LogP contribution in [0.5, 0.6) is 0 Å². The van der Waals surface area contributed by atoms with E-state index >= 15 is 0 Å². The van der Waals surface area contributed by atoms with Gasteiger partial charge in [0.15, 0.2) is 5.11 Å². The highest BCUT2D eigenvalue weighted by atomic mass is 32.1. The Hall–Kier alpha value is -2.71. The van der Waals surface area contributed by atoms with Gasteiger partial charge in [0.1, 0.15) is 6.73 Å². The molecule has 0 spiro atoms. The molecule has 1 aromatic carbocycles. The third-order valence-corrected chi connectivity index (χ3v) is 3.84. The summed E-state index contributed by atoms with van der Waals surface area (Å²) in [5, 5.41) is 15.2. The van der Waals surface area contributed by atoms with Gasteiger partial charge in [0.2, 0.25) is 0 Å². The van der Waals surface area contributed by atoms with Crippen LogP contribution in [-0.4, -0.2) is 31.8 Å². The first-order chi connectivity index (χ1) is 12.1. The second kappa shape index (κ2) is 7.91. The summed E-state index contributed by atoms with van der Waals surface area (Å²) < 4.78 is 8.57. The number of anilines is 2. The number of hydrogen-bond donors (Lipinski definition) is 2. The molecule has 0 amide bonds. The minimum atomic E-state index is 0.396. The molecule has 7 nitrogen and oxygen atoms in total. The van der Waals surface area contributed by atoms with Crippen molar-refractivity contribution in [3.05, 3.63) is 60.2 Å². The Kier molecular flexibility index (Phi) is 5.42. The first-order valence-corrected chi connectivity index (χ1v) is 8.21. The third-order valence-electron chi connectivity index (χ3n) is 3.64. The van der Waals surface area contributed by atoms with E-state index in [2.05, 4.69) is 39.9 Å². The van der Waals surface area contributed by atoms with Crippen LogP contribution in [0.1, 0.15) is 11.1 Å². The molecule has 25 heavy (non-hydrogen) atoms. The van der Waals surface area contributed by atoms with Crippen LogP contribution in [0.2, 0.25) is 0 Å². The lowest BCUT2D eigenvalue weighted by atomic mass is 10.1. The van der Waals surface area contributed by atoms with Gasteiger partial charge in [-0.2, -0.15) is 10.2 Å². The van der Waals surface area contributed by atoms with Crippen LogP contribution in [0.3, 0.4) is 0 Å². The molecule has 0 atom stereocenters. The Bertz CT molecular complexity index is 856. The Morgan fingerprint density at radius 2 is 1.72 bits per heavy atom. The first-order valence-electron chi connectivity index (χ1n) is 7.80. The number of rotatable bonds is 6. The standard InChI is InChI=1S/C17H20N6OS/c1-13-5-3-4-6-14(13)9-22-10-15(7-18-22)20-17(25)21-16-8-19-23(11-16)12-24-2/h3-8,10-11H,9,12H2,1-2H3,(H2,20,21,25). The molecule has 0 aliphatic carbocycles. The lowest BCUT2D eigenvalue weighted by molar-refractivity contribution is 0.120. The molecule has 0 aliphatic heterocycles. The molecule has 0 fully saturated rings. The number of thiocarbonyl (C=S) groups is 1. The van der Waals surface area contributed by atoms with Crippen LogP contribution in [-0.2, 0) is 18.0 Å². The molecular formula is C17H20N6OS. The van der Waals surface area contributed by atoms with E-state index < -0.39 is 0 Å². The van der Waals surface area contributed by atoms with Crippen molar-refractivity contribution in [2.75, 3.05) is 17.7 Å². The van der Waals surface area contributed by atoms with Crippen molar-refractivity contribution in [2.24, 2.45) is 0 Å². The van der Waals surface area contributed by atoms with Crippen LogP contribution < -0.4 is 10.6 Å². The van der Waals surface area contributed by atoms with E-state index in [1.54, 1.807) is 24.2 Å². The molecule has 2 N–H and O–H groups in total. The predicted octanol–water partition coefficient (Wildman–Crippen LogP) is 2.85. The quantitative estimate of drug-likeness (QED) is 0.662. The van der Waals surface area contributed by atoms with Crippen LogP contribution in [0.15, 0.2) is 49.1 Å². The number of benzene rings is 1. The fraction of sp³-hybridized carbons (Fsp3) is 0.235. The Labute approximate surface area is 151 Å². The van der Waals surface area contributed by atoms with E-state index in [4.69, 9.17) is 17.0 Å². The van der Waals surface area contributed by atoms with Crippen LogP contribution in [0, 0.1) is 6.92 Å². The molecular weight excluding hydrogens is 336 g/mol. The van der Waals surface area contributed by atoms with Crippen LogP contribution >= 0.6 is 12.2 Å². The summed E-state index contributed by atoms with van der Waals surface area (Å²) in [6.45, 7) is 3.21. The molecule has 2 aromatic heterocycles. The van der Waals surface area contributed by atoms with Crippen molar-refractivity contribution in [3.63, 3.8) is 0 Å². The Morgan fingerprint density at radius 3 is 2.40 bits per heavy atom. The zero-order valence-corrected chi connectivity index (χ0v) is 15.0. The Balaban J connectivity index is 1.57. The topological polar surface area (TPSA) is 68.9 Å². The second-order valence-corrected chi connectivity index (χ2v) is 6.03. The van der Waals surface area contributed by atoms with Gasteiger partial charge in [-0.25, -0.2) is 4.68 Å². The van der Waals surface area contributed by atoms with Crippen molar-refractivity contribution in [1.82, 2.24) is 19.6 Å². The molecule has 2 heterocycles. The van der Waals surface area contributed by atoms with E-state index in [9.17, 15) is 0 Å². The van der Waals surface area contributed by atoms with Crippen molar-refractivity contribution in [2.45, 2.75) is 20.2 Å². The maximum atomic E-state index is 5.32. The van der Waals surface area contributed by atoms with Crippen LogP contribution in [0.4, 0.5) is 11.4 Å². The van der Waals surface area contributed by atoms with Gasteiger partial charge in [0, 0.05) is 13.3 Å². The van der Waals surface area contributed by atoms with Gasteiger partial charge >= 0.3 is 0 Å². The predicted molar refractivity (Wildman–Crippen MR) is 102 cm³/mol. The molecule has 3 rings (SSSR count). The summed E-state index contributed by atoms with van der Waals surface area (Å²) in [7, 11) is 1.62. The Morgan fingerprint density at radius 1 is 1.08 bits per heavy atom. The number of hydrogen-bond acceptors (Lipinski definition) is 4. The van der Waals surface area contributed by atoms with Crippen molar-refractivity contribution < 1.29 is 4.74 Å². The minimum absolute atomic E-state index is 0.396. The number of methoxy groups -OCH3 is 1. The fourth-order valence-corrected chi connectivity index (χ4v) is 2.64. The van der Waals surface area contributed by atoms with Gasteiger partial charge < -0.3 is 15.4 Å². The highest BCUT2D eigenvalue weighted by molar-refractivity contribution is 7.80. The van der Waals surface area contributed by atoms with E-state index in [0.29, 0.717) is 11.8 Å². The third kappa shape index (κ3) is 4.65. The van der Waals surface area contributed by atoms with Gasteiger partial charge in [-0.1, -0.05) is 24.3 Å². The van der Waals surface area contributed by atoms with Gasteiger partial charge in [0.05, 0.1) is 36.5 Å².